The first kappa shape index (κ1) is 12.8. The van der Waals surface area contributed by atoms with Crippen molar-refractivity contribution in [2.24, 2.45) is 0 Å². The van der Waals surface area contributed by atoms with Crippen molar-refractivity contribution in [2.45, 2.75) is 38.3 Å². The van der Waals surface area contributed by atoms with Crippen LogP contribution in [0.2, 0.25) is 5.15 Å². The zero-order chi connectivity index (χ0) is 12.1. The molecule has 1 aliphatic rings. The Morgan fingerprint density at radius 1 is 1.35 bits per heavy atom. The molecule has 1 saturated carbocycles. The number of aliphatic hydroxyl groups is 1. The molecule has 0 amide bonds. The summed E-state index contributed by atoms with van der Waals surface area (Å²) in [7, 11) is 0. The van der Waals surface area contributed by atoms with Crippen molar-refractivity contribution >= 4 is 11.6 Å². The van der Waals surface area contributed by atoms with Gasteiger partial charge in [-0.1, -0.05) is 30.5 Å². The van der Waals surface area contributed by atoms with Gasteiger partial charge in [0.2, 0.25) is 0 Å². The van der Waals surface area contributed by atoms with Crippen molar-refractivity contribution in [1.82, 2.24) is 9.88 Å². The lowest BCUT2D eigenvalue weighted by molar-refractivity contribution is 0.143. The van der Waals surface area contributed by atoms with E-state index in [0.29, 0.717) is 11.2 Å². The summed E-state index contributed by atoms with van der Waals surface area (Å²) in [4.78, 5) is 6.63. The molecule has 1 heterocycles. The summed E-state index contributed by atoms with van der Waals surface area (Å²) in [6, 6.07) is 6.31. The van der Waals surface area contributed by atoms with Crippen LogP contribution in [-0.4, -0.2) is 34.2 Å². The molecule has 0 spiro atoms. The van der Waals surface area contributed by atoms with E-state index in [1.54, 1.807) is 6.07 Å². The normalized spacial score (nSPS) is 16.9. The van der Waals surface area contributed by atoms with E-state index >= 15 is 0 Å². The molecule has 0 atom stereocenters. The number of hydrogen-bond donors (Lipinski definition) is 1. The Morgan fingerprint density at radius 3 is 2.76 bits per heavy atom. The van der Waals surface area contributed by atoms with Crippen LogP contribution in [0.25, 0.3) is 0 Å². The van der Waals surface area contributed by atoms with Gasteiger partial charge in [-0.25, -0.2) is 4.98 Å². The van der Waals surface area contributed by atoms with Gasteiger partial charge in [-0.3, -0.25) is 4.90 Å². The Hall–Kier alpha value is -0.640. The lowest BCUT2D eigenvalue weighted by atomic mass is 10.2. The summed E-state index contributed by atoms with van der Waals surface area (Å²) in [5, 5.41) is 9.68. The second-order valence-electron chi connectivity index (χ2n) is 4.58. The molecule has 0 bridgehead atoms. The molecule has 0 radical (unpaired) electrons. The molecular weight excluding hydrogens is 236 g/mol. The molecular formula is C13H19ClN2O. The monoisotopic (exact) mass is 254 g/mol. The highest BCUT2D eigenvalue weighted by atomic mass is 35.5. The molecule has 1 aromatic rings. The molecule has 0 saturated heterocycles. The number of halogens is 1. The fourth-order valence-corrected chi connectivity index (χ4v) is 2.72. The van der Waals surface area contributed by atoms with Gasteiger partial charge in [0, 0.05) is 19.1 Å². The van der Waals surface area contributed by atoms with E-state index < -0.39 is 0 Å². The van der Waals surface area contributed by atoms with Crippen LogP contribution in [0.3, 0.4) is 0 Å². The van der Waals surface area contributed by atoms with Crippen molar-refractivity contribution in [3.05, 3.63) is 29.0 Å². The number of aliphatic hydroxyl groups excluding tert-OH is 1. The lowest BCUT2D eigenvalue weighted by Gasteiger charge is -2.27. The van der Waals surface area contributed by atoms with E-state index in [-0.39, 0.29) is 6.61 Å². The highest BCUT2D eigenvalue weighted by Gasteiger charge is 2.22. The number of hydrogen-bond acceptors (Lipinski definition) is 3. The summed E-state index contributed by atoms with van der Waals surface area (Å²) >= 11 is 5.89. The summed E-state index contributed by atoms with van der Waals surface area (Å²) in [6.07, 6.45) is 5.08. The van der Waals surface area contributed by atoms with Gasteiger partial charge >= 0.3 is 0 Å². The van der Waals surface area contributed by atoms with Crippen LogP contribution in [0.5, 0.6) is 0 Å². The minimum absolute atomic E-state index is 0.205. The molecule has 1 fully saturated rings. The smallest absolute Gasteiger partial charge is 0.129 e. The van der Waals surface area contributed by atoms with Crippen LogP contribution in [0.4, 0.5) is 0 Å². The SMILES string of the molecule is OCCN(Cc1cccc(Cl)n1)C1CCCC1. The first-order valence-corrected chi connectivity index (χ1v) is 6.64. The van der Waals surface area contributed by atoms with Crippen LogP contribution in [0.1, 0.15) is 31.4 Å². The first-order chi connectivity index (χ1) is 8.29. The number of aromatic nitrogens is 1. The minimum Gasteiger partial charge on any atom is -0.395 e. The van der Waals surface area contributed by atoms with Crippen molar-refractivity contribution in [1.29, 1.82) is 0 Å². The largest absolute Gasteiger partial charge is 0.395 e. The molecule has 0 aromatic carbocycles. The zero-order valence-electron chi connectivity index (χ0n) is 9.98. The Bertz CT molecular complexity index is 353. The Kier molecular flexibility index (Phi) is 4.77. The van der Waals surface area contributed by atoms with E-state index in [1.165, 1.54) is 25.7 Å². The fraction of sp³-hybridized carbons (Fsp3) is 0.615. The second-order valence-corrected chi connectivity index (χ2v) is 4.97. The van der Waals surface area contributed by atoms with Gasteiger partial charge in [0.25, 0.3) is 0 Å². The topological polar surface area (TPSA) is 36.4 Å². The summed E-state index contributed by atoms with van der Waals surface area (Å²) in [5.41, 5.74) is 0.984. The van der Waals surface area contributed by atoms with E-state index in [1.807, 2.05) is 12.1 Å². The quantitative estimate of drug-likeness (QED) is 0.821. The van der Waals surface area contributed by atoms with E-state index in [4.69, 9.17) is 16.7 Å². The number of nitrogens with zero attached hydrogens (tertiary/aromatic N) is 2. The summed E-state index contributed by atoms with van der Waals surface area (Å²) in [5.74, 6) is 0. The Labute approximate surface area is 107 Å². The maximum atomic E-state index is 9.14. The first-order valence-electron chi connectivity index (χ1n) is 6.26. The predicted octanol–water partition coefficient (Wildman–Crippen LogP) is 2.47. The van der Waals surface area contributed by atoms with Crippen molar-refractivity contribution in [2.75, 3.05) is 13.2 Å². The van der Waals surface area contributed by atoms with Gasteiger partial charge in [-0.05, 0) is 25.0 Å². The van der Waals surface area contributed by atoms with Gasteiger partial charge in [0.15, 0.2) is 0 Å². The van der Waals surface area contributed by atoms with Crippen LogP contribution >= 0.6 is 11.6 Å². The van der Waals surface area contributed by atoms with Crippen molar-refractivity contribution in [3.63, 3.8) is 0 Å². The van der Waals surface area contributed by atoms with Crippen LogP contribution in [0.15, 0.2) is 18.2 Å². The van der Waals surface area contributed by atoms with Gasteiger partial charge in [-0.2, -0.15) is 0 Å². The highest BCUT2D eigenvalue weighted by molar-refractivity contribution is 6.29. The third-order valence-electron chi connectivity index (χ3n) is 3.37. The average Bonchev–Trinajstić information content (AvgIpc) is 2.82. The van der Waals surface area contributed by atoms with E-state index in [9.17, 15) is 0 Å². The third kappa shape index (κ3) is 3.66. The number of pyridine rings is 1. The molecule has 0 unspecified atom stereocenters. The van der Waals surface area contributed by atoms with Gasteiger partial charge in [0.1, 0.15) is 5.15 Å². The average molecular weight is 255 g/mol. The molecule has 94 valence electrons. The molecule has 17 heavy (non-hydrogen) atoms. The highest BCUT2D eigenvalue weighted by Crippen LogP contribution is 2.24. The van der Waals surface area contributed by atoms with Gasteiger partial charge in [0.05, 0.1) is 12.3 Å². The molecule has 1 N–H and O–H groups in total. The molecule has 4 heteroatoms. The van der Waals surface area contributed by atoms with Crippen molar-refractivity contribution < 1.29 is 5.11 Å². The Morgan fingerprint density at radius 2 is 2.12 bits per heavy atom. The molecule has 3 nitrogen and oxygen atoms in total. The summed E-state index contributed by atoms with van der Waals surface area (Å²) in [6.45, 7) is 1.71. The van der Waals surface area contributed by atoms with Crippen LogP contribution in [0, 0.1) is 0 Å². The van der Waals surface area contributed by atoms with Crippen molar-refractivity contribution in [3.8, 4) is 0 Å². The minimum atomic E-state index is 0.205. The molecule has 1 aliphatic carbocycles. The fourth-order valence-electron chi connectivity index (χ4n) is 2.54. The molecule has 1 aromatic heterocycles. The van der Waals surface area contributed by atoms with E-state index in [0.717, 1.165) is 18.8 Å². The van der Waals surface area contributed by atoms with Gasteiger partial charge in [-0.15, -0.1) is 0 Å². The Balaban J connectivity index is 2.01. The van der Waals surface area contributed by atoms with Gasteiger partial charge < -0.3 is 5.11 Å². The molecule has 2 rings (SSSR count). The maximum absolute atomic E-state index is 9.14. The lowest BCUT2D eigenvalue weighted by Crippen LogP contribution is -2.35. The second kappa shape index (κ2) is 6.34. The molecule has 0 aliphatic heterocycles. The predicted molar refractivity (Wildman–Crippen MR) is 69.0 cm³/mol. The third-order valence-corrected chi connectivity index (χ3v) is 3.58. The summed E-state index contributed by atoms with van der Waals surface area (Å²) < 4.78 is 0. The zero-order valence-corrected chi connectivity index (χ0v) is 10.7. The standard InChI is InChI=1S/C13H19ClN2O/c14-13-7-3-4-11(15-13)10-16(8-9-17)12-5-1-2-6-12/h3-4,7,12,17H,1-2,5-6,8-10H2. The van der Waals surface area contributed by atoms with Crippen LogP contribution < -0.4 is 0 Å². The maximum Gasteiger partial charge on any atom is 0.129 e. The van der Waals surface area contributed by atoms with Crippen LogP contribution in [-0.2, 0) is 6.54 Å². The van der Waals surface area contributed by atoms with E-state index in [2.05, 4.69) is 9.88 Å². The number of rotatable bonds is 5.